The first-order valence-electron chi connectivity index (χ1n) is 7.05. The monoisotopic (exact) mass is 334 g/mol. The maximum Gasteiger partial charge on any atom is 0.206 e. The number of para-hydroxylation sites is 1. The number of rotatable bonds is 2. The summed E-state index contributed by atoms with van der Waals surface area (Å²) in [5, 5.41) is 28.9. The highest BCUT2D eigenvalue weighted by atomic mass is 35.5. The van der Waals surface area contributed by atoms with Crippen molar-refractivity contribution >= 4 is 24.1 Å². The van der Waals surface area contributed by atoms with Crippen molar-refractivity contribution in [2.75, 3.05) is 0 Å². The standard InChI is InChI=1S/C15H18N6O.ClH/c1-8-14-11(19-18-8)6-9(7-12(14)20-21-15(16)17)10-4-2-3-5-13(10)22;/h2-5,9,22H,6-7H2,1H3,(H,18,19)(H4,16,17,21);1H. The van der Waals surface area contributed by atoms with Crippen LogP contribution in [-0.4, -0.2) is 27.0 Å². The second-order valence-electron chi connectivity index (χ2n) is 5.41. The van der Waals surface area contributed by atoms with Crippen LogP contribution in [0, 0.1) is 12.3 Å². The zero-order chi connectivity index (χ0) is 15.7. The number of hydrogen-bond donors (Lipinski definition) is 5. The minimum Gasteiger partial charge on any atom is -0.508 e. The average molecular weight is 335 g/mol. The fourth-order valence-corrected chi connectivity index (χ4v) is 2.95. The number of hydrazone groups is 1. The van der Waals surface area contributed by atoms with Gasteiger partial charge in [0.25, 0.3) is 0 Å². The molecule has 0 aliphatic heterocycles. The van der Waals surface area contributed by atoms with Crippen LogP contribution in [-0.2, 0) is 6.42 Å². The number of guanidine groups is 1. The number of halogens is 1. The summed E-state index contributed by atoms with van der Waals surface area (Å²) in [6.45, 7) is 1.92. The number of aromatic amines is 1. The van der Waals surface area contributed by atoms with E-state index in [0.717, 1.165) is 34.6 Å². The van der Waals surface area contributed by atoms with Crippen molar-refractivity contribution in [2.24, 2.45) is 10.8 Å². The smallest absolute Gasteiger partial charge is 0.206 e. The van der Waals surface area contributed by atoms with E-state index in [9.17, 15) is 5.11 Å². The van der Waals surface area contributed by atoms with Gasteiger partial charge in [0.1, 0.15) is 5.75 Å². The summed E-state index contributed by atoms with van der Waals surface area (Å²) >= 11 is 0. The molecule has 0 radical (unpaired) electrons. The molecule has 7 nitrogen and oxygen atoms in total. The van der Waals surface area contributed by atoms with E-state index < -0.39 is 0 Å². The number of nitrogens with zero attached hydrogens (tertiary/aromatic N) is 2. The molecule has 8 heteroatoms. The van der Waals surface area contributed by atoms with Crippen LogP contribution in [0.25, 0.3) is 0 Å². The number of aryl methyl sites for hydroxylation is 1. The molecule has 0 saturated heterocycles. The molecule has 0 fully saturated rings. The van der Waals surface area contributed by atoms with Crippen LogP contribution in [0.15, 0.2) is 29.4 Å². The van der Waals surface area contributed by atoms with Gasteiger partial charge in [-0.1, -0.05) is 18.2 Å². The number of H-pyrrole nitrogens is 1. The SMILES string of the molecule is Cc1n[nH]c2c1C(=NNC(=N)N)CC(c1ccccc1O)C2.Cl. The van der Waals surface area contributed by atoms with Gasteiger partial charge < -0.3 is 10.8 Å². The average Bonchev–Trinajstić information content (AvgIpc) is 2.87. The summed E-state index contributed by atoms with van der Waals surface area (Å²) in [4.78, 5) is 0. The zero-order valence-corrected chi connectivity index (χ0v) is 13.4. The van der Waals surface area contributed by atoms with E-state index in [-0.39, 0.29) is 30.0 Å². The molecule has 1 heterocycles. The van der Waals surface area contributed by atoms with Gasteiger partial charge in [0, 0.05) is 11.3 Å². The number of phenols is 1. The molecule has 3 rings (SSSR count). The molecule has 23 heavy (non-hydrogen) atoms. The van der Waals surface area contributed by atoms with Crippen molar-refractivity contribution in [3.05, 3.63) is 46.8 Å². The predicted octanol–water partition coefficient (Wildman–Crippen LogP) is 1.76. The largest absolute Gasteiger partial charge is 0.508 e. The first-order valence-corrected chi connectivity index (χ1v) is 7.05. The van der Waals surface area contributed by atoms with E-state index >= 15 is 0 Å². The molecule has 1 aromatic heterocycles. The third kappa shape index (κ3) is 3.29. The van der Waals surface area contributed by atoms with Gasteiger partial charge in [-0.2, -0.15) is 10.2 Å². The lowest BCUT2D eigenvalue weighted by Crippen LogP contribution is -2.29. The van der Waals surface area contributed by atoms with E-state index in [1.165, 1.54) is 0 Å². The number of nitrogens with two attached hydrogens (primary N) is 1. The number of nitrogens with one attached hydrogen (secondary N) is 3. The lowest BCUT2D eigenvalue weighted by atomic mass is 9.81. The summed E-state index contributed by atoms with van der Waals surface area (Å²) in [5.74, 6) is 0.173. The van der Waals surface area contributed by atoms with Crippen LogP contribution in [0.4, 0.5) is 0 Å². The summed E-state index contributed by atoms with van der Waals surface area (Å²) in [6.07, 6.45) is 1.40. The zero-order valence-electron chi connectivity index (χ0n) is 12.6. The number of hydrogen-bond acceptors (Lipinski definition) is 4. The fourth-order valence-electron chi connectivity index (χ4n) is 2.95. The normalized spacial score (nSPS) is 18.1. The van der Waals surface area contributed by atoms with Crippen molar-refractivity contribution in [1.29, 1.82) is 5.41 Å². The maximum atomic E-state index is 10.1. The minimum atomic E-state index is -0.208. The van der Waals surface area contributed by atoms with E-state index in [1.807, 2.05) is 19.1 Å². The van der Waals surface area contributed by atoms with Gasteiger partial charge in [-0.05, 0) is 37.3 Å². The van der Waals surface area contributed by atoms with Gasteiger partial charge in [-0.3, -0.25) is 10.5 Å². The third-order valence-electron chi connectivity index (χ3n) is 3.89. The van der Waals surface area contributed by atoms with Crippen LogP contribution in [0.2, 0.25) is 0 Å². The molecular formula is C15H19ClN6O. The Kier molecular flexibility index (Phi) is 4.90. The minimum absolute atomic E-state index is 0. The molecule has 1 aromatic carbocycles. The second kappa shape index (κ2) is 6.70. The van der Waals surface area contributed by atoms with Gasteiger partial charge in [0.2, 0.25) is 5.96 Å². The van der Waals surface area contributed by atoms with E-state index in [1.54, 1.807) is 12.1 Å². The summed E-state index contributed by atoms with van der Waals surface area (Å²) in [6, 6.07) is 7.32. The van der Waals surface area contributed by atoms with Crippen molar-refractivity contribution < 1.29 is 5.11 Å². The third-order valence-corrected chi connectivity index (χ3v) is 3.89. The molecule has 122 valence electrons. The molecular weight excluding hydrogens is 316 g/mol. The molecule has 0 saturated carbocycles. The van der Waals surface area contributed by atoms with Gasteiger partial charge in [0.15, 0.2) is 0 Å². The number of phenolic OH excluding ortho intramolecular Hbond substituents is 1. The Labute approximate surface area is 139 Å². The Balaban J connectivity index is 0.00000192. The van der Waals surface area contributed by atoms with Gasteiger partial charge >= 0.3 is 0 Å². The molecule has 0 spiro atoms. The molecule has 1 aliphatic carbocycles. The summed E-state index contributed by atoms with van der Waals surface area (Å²) < 4.78 is 0. The molecule has 1 aliphatic rings. The van der Waals surface area contributed by atoms with Crippen molar-refractivity contribution in [3.8, 4) is 5.75 Å². The van der Waals surface area contributed by atoms with E-state index in [0.29, 0.717) is 6.42 Å². The highest BCUT2D eigenvalue weighted by Crippen LogP contribution is 2.36. The lowest BCUT2D eigenvalue weighted by Gasteiger charge is -2.24. The lowest BCUT2D eigenvalue weighted by molar-refractivity contribution is 0.460. The predicted molar refractivity (Wildman–Crippen MR) is 91.3 cm³/mol. The highest BCUT2D eigenvalue weighted by Gasteiger charge is 2.29. The number of aromatic hydroxyl groups is 1. The molecule has 1 atom stereocenters. The molecule has 2 aromatic rings. The maximum absolute atomic E-state index is 10.1. The van der Waals surface area contributed by atoms with Crippen LogP contribution >= 0.6 is 12.4 Å². The Morgan fingerprint density at radius 2 is 2.17 bits per heavy atom. The van der Waals surface area contributed by atoms with Crippen molar-refractivity contribution in [1.82, 2.24) is 15.6 Å². The summed E-state index contributed by atoms with van der Waals surface area (Å²) in [7, 11) is 0. The number of fused-ring (bicyclic) bond motifs is 1. The van der Waals surface area contributed by atoms with Crippen molar-refractivity contribution in [3.63, 3.8) is 0 Å². The molecule has 1 unspecified atom stereocenters. The summed E-state index contributed by atoms with van der Waals surface area (Å²) in [5.41, 5.74) is 12.3. The van der Waals surface area contributed by atoms with E-state index in [2.05, 4.69) is 20.7 Å². The van der Waals surface area contributed by atoms with E-state index in [4.69, 9.17) is 11.1 Å². The van der Waals surface area contributed by atoms with Crippen LogP contribution in [0.1, 0.15) is 34.9 Å². The highest BCUT2D eigenvalue weighted by molar-refractivity contribution is 6.04. The number of aromatic nitrogens is 2. The Morgan fingerprint density at radius 3 is 2.87 bits per heavy atom. The second-order valence-corrected chi connectivity index (χ2v) is 5.41. The Bertz CT molecular complexity index is 754. The Morgan fingerprint density at radius 1 is 1.43 bits per heavy atom. The van der Waals surface area contributed by atoms with Crippen LogP contribution in [0.5, 0.6) is 5.75 Å². The van der Waals surface area contributed by atoms with Gasteiger partial charge in [0.05, 0.1) is 11.4 Å². The topological polar surface area (TPSA) is 123 Å². The first kappa shape index (κ1) is 16.8. The van der Waals surface area contributed by atoms with Crippen molar-refractivity contribution in [2.45, 2.75) is 25.7 Å². The van der Waals surface area contributed by atoms with Crippen LogP contribution in [0.3, 0.4) is 0 Å². The fraction of sp³-hybridized carbons (Fsp3) is 0.267. The van der Waals surface area contributed by atoms with Crippen LogP contribution < -0.4 is 11.2 Å². The number of benzene rings is 1. The quantitative estimate of drug-likeness (QED) is 0.326. The van der Waals surface area contributed by atoms with Gasteiger partial charge in [-0.25, -0.2) is 5.43 Å². The molecule has 6 N–H and O–H groups in total. The first-order chi connectivity index (χ1) is 10.6. The molecule has 0 amide bonds. The molecule has 0 bridgehead atoms. The Hall–Kier alpha value is -2.54. The van der Waals surface area contributed by atoms with Gasteiger partial charge in [-0.15, -0.1) is 12.4 Å².